The van der Waals surface area contributed by atoms with Gasteiger partial charge in [-0.1, -0.05) is 44.8 Å². The van der Waals surface area contributed by atoms with Crippen LogP contribution in [0.25, 0.3) is 0 Å². The number of aliphatic carboxylic acids is 1. The number of hydrogen-bond acceptors (Lipinski definition) is 5. The molecule has 3 atom stereocenters. The zero-order valence-electron chi connectivity index (χ0n) is 15.6. The monoisotopic (exact) mass is 381 g/mol. The topological polar surface area (TPSA) is 102 Å². The lowest BCUT2D eigenvalue weighted by atomic mass is 10.0. The number of carboxylic acids is 1. The molecule has 6 heteroatoms. The second kappa shape index (κ2) is 13.0. The minimum atomic E-state index is -0.770. The van der Waals surface area contributed by atoms with Gasteiger partial charge in [0.15, 0.2) is 0 Å². The average Bonchev–Trinajstić information content (AvgIpc) is 2.91. The lowest BCUT2D eigenvalue weighted by Gasteiger charge is -2.15. The fourth-order valence-corrected chi connectivity index (χ4v) is 4.30. The highest BCUT2D eigenvalue weighted by atomic mass is 32.2. The van der Waals surface area contributed by atoms with Crippen molar-refractivity contribution in [2.75, 3.05) is 5.75 Å². The van der Waals surface area contributed by atoms with Crippen LogP contribution in [0.4, 0.5) is 0 Å². The van der Waals surface area contributed by atoms with Crippen LogP contribution in [0.5, 0.6) is 0 Å². The van der Waals surface area contributed by atoms with Crippen LogP contribution in [-0.4, -0.2) is 39.2 Å². The van der Waals surface area contributed by atoms with Crippen molar-refractivity contribution in [3.63, 3.8) is 0 Å². The van der Waals surface area contributed by atoms with Crippen LogP contribution >= 0.6 is 11.8 Å². The highest BCUT2D eigenvalue weighted by molar-refractivity contribution is 8.03. The Hall–Kier alpha value is -1.29. The molecule has 0 saturated carbocycles. The van der Waals surface area contributed by atoms with Crippen molar-refractivity contribution in [2.24, 2.45) is 5.92 Å². The number of carboxylic acid groups (broad SMARTS) is 1. The SMILES string of the molecule is CCCCC[C@H](O)/C=C/[C@@H]1C(SCCCCCC(=O)O)=C(C#N)C[C@H]1O. The van der Waals surface area contributed by atoms with Gasteiger partial charge in [-0.05, 0) is 25.0 Å². The molecule has 1 rings (SSSR count). The third-order valence-electron chi connectivity index (χ3n) is 4.50. The quantitative estimate of drug-likeness (QED) is 0.329. The summed E-state index contributed by atoms with van der Waals surface area (Å²) >= 11 is 1.58. The van der Waals surface area contributed by atoms with Crippen LogP contribution in [-0.2, 0) is 4.79 Å². The molecule has 0 saturated heterocycles. The standard InChI is InChI=1S/C20H31NO4S/c1-2-3-5-8-16(22)10-11-17-18(23)13-15(14-21)20(17)26-12-7-4-6-9-19(24)25/h10-11,16-18,22-23H,2-9,12-13H2,1H3,(H,24,25)/b11-10+/t16-,17-,18+/m0/s1. The summed E-state index contributed by atoms with van der Waals surface area (Å²) in [7, 11) is 0. The van der Waals surface area contributed by atoms with Gasteiger partial charge in [-0.15, -0.1) is 11.8 Å². The van der Waals surface area contributed by atoms with Gasteiger partial charge in [-0.2, -0.15) is 5.26 Å². The second-order valence-corrected chi connectivity index (χ2v) is 7.89. The van der Waals surface area contributed by atoms with Gasteiger partial charge in [0.05, 0.1) is 18.3 Å². The Kier molecular flexibility index (Phi) is 11.3. The van der Waals surface area contributed by atoms with E-state index in [-0.39, 0.29) is 12.3 Å². The summed E-state index contributed by atoms with van der Waals surface area (Å²) in [5, 5.41) is 38.3. The fourth-order valence-electron chi connectivity index (χ4n) is 3.00. The number of hydrogen-bond donors (Lipinski definition) is 3. The first-order valence-corrected chi connectivity index (χ1v) is 10.5. The number of thioether (sulfide) groups is 1. The van der Waals surface area contributed by atoms with Crippen molar-refractivity contribution in [1.82, 2.24) is 0 Å². The van der Waals surface area contributed by atoms with E-state index in [0.29, 0.717) is 24.8 Å². The molecule has 0 aromatic heterocycles. The number of unbranched alkanes of at least 4 members (excludes halogenated alkanes) is 4. The van der Waals surface area contributed by atoms with Crippen molar-refractivity contribution in [3.8, 4) is 6.07 Å². The molecule has 0 fully saturated rings. The lowest BCUT2D eigenvalue weighted by molar-refractivity contribution is -0.137. The van der Waals surface area contributed by atoms with Crippen LogP contribution in [0.2, 0.25) is 0 Å². The number of nitriles is 1. The van der Waals surface area contributed by atoms with Gasteiger partial charge < -0.3 is 15.3 Å². The molecule has 5 nitrogen and oxygen atoms in total. The molecule has 0 aromatic rings. The van der Waals surface area contributed by atoms with Crippen LogP contribution < -0.4 is 0 Å². The number of aliphatic hydroxyl groups is 2. The predicted octanol–water partition coefficient (Wildman–Crippen LogP) is 4.02. The predicted molar refractivity (Wildman–Crippen MR) is 105 cm³/mol. The Bertz CT molecular complexity index is 538. The third kappa shape index (κ3) is 8.39. The Morgan fingerprint density at radius 2 is 2.12 bits per heavy atom. The maximum atomic E-state index is 10.5. The van der Waals surface area contributed by atoms with Gasteiger partial charge in [0, 0.05) is 29.2 Å². The fraction of sp³-hybridized carbons (Fsp3) is 0.700. The minimum absolute atomic E-state index is 0.191. The van der Waals surface area contributed by atoms with Gasteiger partial charge in [0.2, 0.25) is 0 Å². The summed E-state index contributed by atoms with van der Waals surface area (Å²) in [5.74, 6) is -0.195. The number of aliphatic hydroxyl groups excluding tert-OH is 2. The molecule has 0 amide bonds. The molecule has 0 heterocycles. The summed E-state index contributed by atoms with van der Waals surface area (Å²) in [6.07, 6.45) is 9.31. The van der Waals surface area contributed by atoms with Crippen molar-refractivity contribution in [1.29, 1.82) is 5.26 Å². The Morgan fingerprint density at radius 3 is 2.77 bits per heavy atom. The lowest BCUT2D eigenvalue weighted by Crippen LogP contribution is -2.14. The summed E-state index contributed by atoms with van der Waals surface area (Å²) in [6.45, 7) is 2.12. The van der Waals surface area contributed by atoms with Crippen molar-refractivity contribution in [3.05, 3.63) is 22.6 Å². The average molecular weight is 382 g/mol. The maximum Gasteiger partial charge on any atom is 0.303 e. The summed E-state index contributed by atoms with van der Waals surface area (Å²) in [5.41, 5.74) is 0.628. The second-order valence-electron chi connectivity index (χ2n) is 6.75. The zero-order chi connectivity index (χ0) is 19.4. The van der Waals surface area contributed by atoms with Crippen LogP contribution in [0.1, 0.15) is 64.7 Å². The first-order chi connectivity index (χ1) is 12.5. The summed E-state index contributed by atoms with van der Waals surface area (Å²) in [4.78, 5) is 11.4. The third-order valence-corrected chi connectivity index (χ3v) is 5.82. The highest BCUT2D eigenvalue weighted by Crippen LogP contribution is 2.40. The van der Waals surface area contributed by atoms with E-state index >= 15 is 0 Å². The van der Waals surface area contributed by atoms with Gasteiger partial charge in [0.1, 0.15) is 0 Å². The molecule has 0 spiro atoms. The van der Waals surface area contributed by atoms with E-state index in [1.165, 1.54) is 0 Å². The molecular formula is C20H31NO4S. The Labute approximate surface area is 160 Å². The molecule has 1 aliphatic carbocycles. The number of rotatable bonds is 13. The zero-order valence-corrected chi connectivity index (χ0v) is 16.4. The Balaban J connectivity index is 2.53. The van der Waals surface area contributed by atoms with E-state index in [1.54, 1.807) is 17.8 Å². The van der Waals surface area contributed by atoms with Gasteiger partial charge in [-0.3, -0.25) is 4.79 Å². The molecule has 3 N–H and O–H groups in total. The van der Waals surface area contributed by atoms with Crippen molar-refractivity contribution < 1.29 is 20.1 Å². The largest absolute Gasteiger partial charge is 0.481 e. The van der Waals surface area contributed by atoms with Crippen LogP contribution in [0.15, 0.2) is 22.6 Å². The van der Waals surface area contributed by atoms with E-state index in [0.717, 1.165) is 42.8 Å². The summed E-state index contributed by atoms with van der Waals surface area (Å²) in [6, 6.07) is 2.20. The number of carbonyl (C=O) groups is 1. The molecule has 0 unspecified atom stereocenters. The Morgan fingerprint density at radius 1 is 1.35 bits per heavy atom. The molecular weight excluding hydrogens is 350 g/mol. The summed E-state index contributed by atoms with van der Waals surface area (Å²) < 4.78 is 0. The van der Waals surface area contributed by atoms with Crippen LogP contribution in [0, 0.1) is 17.2 Å². The van der Waals surface area contributed by atoms with Gasteiger partial charge in [0.25, 0.3) is 0 Å². The normalized spacial score (nSPS) is 21.3. The van der Waals surface area contributed by atoms with Gasteiger partial charge in [-0.25, -0.2) is 0 Å². The van der Waals surface area contributed by atoms with E-state index in [4.69, 9.17) is 5.11 Å². The minimum Gasteiger partial charge on any atom is -0.481 e. The number of nitrogens with zero attached hydrogens (tertiary/aromatic N) is 1. The first kappa shape index (κ1) is 22.8. The van der Waals surface area contributed by atoms with Crippen molar-refractivity contribution in [2.45, 2.75) is 76.9 Å². The van der Waals surface area contributed by atoms with E-state index in [9.17, 15) is 20.3 Å². The van der Waals surface area contributed by atoms with Crippen LogP contribution in [0.3, 0.4) is 0 Å². The smallest absolute Gasteiger partial charge is 0.303 e. The first-order valence-electron chi connectivity index (χ1n) is 9.51. The highest BCUT2D eigenvalue weighted by Gasteiger charge is 2.32. The molecule has 1 aliphatic rings. The molecule has 0 radical (unpaired) electrons. The molecule has 0 aromatic carbocycles. The molecule has 0 aliphatic heterocycles. The van der Waals surface area contributed by atoms with E-state index in [2.05, 4.69) is 13.0 Å². The molecule has 0 bridgehead atoms. The van der Waals surface area contributed by atoms with E-state index < -0.39 is 18.2 Å². The molecule has 146 valence electrons. The van der Waals surface area contributed by atoms with Gasteiger partial charge >= 0.3 is 5.97 Å². The van der Waals surface area contributed by atoms with E-state index in [1.807, 2.05) is 6.08 Å². The van der Waals surface area contributed by atoms with Crippen molar-refractivity contribution >= 4 is 17.7 Å². The maximum absolute atomic E-state index is 10.5. The molecule has 26 heavy (non-hydrogen) atoms.